The maximum atomic E-state index is 12.8. The van der Waals surface area contributed by atoms with Crippen LogP contribution < -0.4 is 5.32 Å². The molecular formula is C22H25N3O. The fourth-order valence-corrected chi connectivity index (χ4v) is 3.89. The number of rotatable bonds is 3. The smallest absolute Gasteiger partial charge is 0.318 e. The molecule has 26 heavy (non-hydrogen) atoms. The van der Waals surface area contributed by atoms with E-state index in [1.165, 1.54) is 16.5 Å². The highest BCUT2D eigenvalue weighted by atomic mass is 16.2. The fourth-order valence-electron chi connectivity index (χ4n) is 3.89. The highest BCUT2D eigenvalue weighted by molar-refractivity contribution is 5.86. The number of hydrogen-bond donors (Lipinski definition) is 2. The van der Waals surface area contributed by atoms with Gasteiger partial charge in [-0.3, -0.25) is 0 Å². The lowest BCUT2D eigenvalue weighted by Gasteiger charge is -2.36. The van der Waals surface area contributed by atoms with Gasteiger partial charge in [-0.2, -0.15) is 0 Å². The molecule has 0 spiro atoms. The summed E-state index contributed by atoms with van der Waals surface area (Å²) in [5.74, 6) is 0. The van der Waals surface area contributed by atoms with Crippen LogP contribution in [0.25, 0.3) is 10.9 Å². The Kier molecular flexibility index (Phi) is 4.41. The van der Waals surface area contributed by atoms with Crippen LogP contribution in [0.5, 0.6) is 0 Å². The summed E-state index contributed by atoms with van der Waals surface area (Å²) in [6, 6.07) is 16.9. The lowest BCUT2D eigenvalue weighted by molar-refractivity contribution is 0.179. The van der Waals surface area contributed by atoms with E-state index >= 15 is 0 Å². The molecule has 3 aromatic rings. The minimum absolute atomic E-state index is 0.0155. The zero-order chi connectivity index (χ0) is 18.1. The average molecular weight is 347 g/mol. The van der Waals surface area contributed by atoms with Crippen LogP contribution in [0.4, 0.5) is 4.79 Å². The number of urea groups is 1. The number of aromatic nitrogens is 1. The van der Waals surface area contributed by atoms with Crippen molar-refractivity contribution in [1.29, 1.82) is 0 Å². The molecule has 4 heteroatoms. The third-order valence-corrected chi connectivity index (χ3v) is 5.21. The van der Waals surface area contributed by atoms with E-state index in [0.717, 1.165) is 36.2 Å². The van der Waals surface area contributed by atoms with Crippen molar-refractivity contribution in [3.05, 3.63) is 70.9 Å². The van der Waals surface area contributed by atoms with Crippen LogP contribution in [-0.4, -0.2) is 29.0 Å². The molecule has 4 rings (SSSR count). The van der Waals surface area contributed by atoms with Gasteiger partial charge in [0.1, 0.15) is 0 Å². The lowest BCUT2D eigenvalue weighted by atomic mass is 9.92. The first-order valence-corrected chi connectivity index (χ1v) is 9.39. The fraction of sp³-hybridized carbons (Fsp3) is 0.318. The number of nitrogens with zero attached hydrogens (tertiary/aromatic N) is 1. The molecule has 0 bridgehead atoms. The van der Waals surface area contributed by atoms with Crippen molar-refractivity contribution >= 4 is 16.9 Å². The minimum atomic E-state index is -0.0800. The summed E-state index contributed by atoms with van der Waals surface area (Å²) >= 11 is 0. The monoisotopic (exact) mass is 347 g/mol. The maximum absolute atomic E-state index is 12.8. The molecule has 134 valence electrons. The first-order chi connectivity index (χ1) is 12.7. The third kappa shape index (κ3) is 2.85. The number of carbonyl (C=O) groups excluding carboxylic acids is 1. The zero-order valence-corrected chi connectivity index (χ0v) is 15.4. The summed E-state index contributed by atoms with van der Waals surface area (Å²) < 4.78 is 0. The van der Waals surface area contributed by atoms with Crippen LogP contribution >= 0.6 is 0 Å². The number of benzene rings is 2. The summed E-state index contributed by atoms with van der Waals surface area (Å²) in [7, 11) is 0. The van der Waals surface area contributed by atoms with E-state index in [9.17, 15) is 4.79 Å². The van der Waals surface area contributed by atoms with Gasteiger partial charge in [0.25, 0.3) is 0 Å². The third-order valence-electron chi connectivity index (χ3n) is 5.21. The summed E-state index contributed by atoms with van der Waals surface area (Å²) in [5.41, 5.74) is 6.00. The van der Waals surface area contributed by atoms with Crippen LogP contribution in [0.3, 0.4) is 0 Å². The number of amides is 2. The number of aromatic amines is 1. The summed E-state index contributed by atoms with van der Waals surface area (Å²) in [4.78, 5) is 18.4. The van der Waals surface area contributed by atoms with Crippen LogP contribution in [0.2, 0.25) is 0 Å². The molecule has 0 saturated heterocycles. The maximum Gasteiger partial charge on any atom is 0.318 e. The second kappa shape index (κ2) is 6.87. The second-order valence-corrected chi connectivity index (χ2v) is 7.05. The van der Waals surface area contributed by atoms with E-state index in [1.807, 2.05) is 4.90 Å². The standard InChI is InChI=1S/C22H25N3O/c1-3-13-23-22(26)25-14-12-18-17-6-4-5-7-19(17)24-20(18)21(25)16-10-8-15(2)9-11-16/h4-11,21,24H,3,12-14H2,1-2H3,(H,23,26)/t21-/m1/s1. The molecule has 2 aromatic carbocycles. The molecule has 0 aliphatic carbocycles. The first kappa shape index (κ1) is 16.7. The number of para-hydroxylation sites is 1. The molecular weight excluding hydrogens is 322 g/mol. The Morgan fingerprint density at radius 3 is 2.73 bits per heavy atom. The molecule has 2 N–H and O–H groups in total. The van der Waals surface area contributed by atoms with Crippen LogP contribution in [0.1, 0.15) is 41.8 Å². The predicted octanol–water partition coefficient (Wildman–Crippen LogP) is 4.54. The highest BCUT2D eigenvalue weighted by Gasteiger charge is 2.34. The Hall–Kier alpha value is -2.75. The molecule has 2 heterocycles. The van der Waals surface area contributed by atoms with Gasteiger partial charge in [0.15, 0.2) is 0 Å². The van der Waals surface area contributed by atoms with Gasteiger partial charge in [0.05, 0.1) is 6.04 Å². The topological polar surface area (TPSA) is 48.1 Å². The normalized spacial score (nSPS) is 16.5. The van der Waals surface area contributed by atoms with Crippen molar-refractivity contribution in [2.45, 2.75) is 32.7 Å². The molecule has 0 saturated carbocycles. The van der Waals surface area contributed by atoms with Crippen LogP contribution in [0.15, 0.2) is 48.5 Å². The molecule has 1 atom stereocenters. The van der Waals surface area contributed by atoms with E-state index in [0.29, 0.717) is 6.54 Å². The van der Waals surface area contributed by atoms with Crippen LogP contribution in [0, 0.1) is 6.92 Å². The van der Waals surface area contributed by atoms with E-state index in [2.05, 4.69) is 72.7 Å². The predicted molar refractivity (Wildman–Crippen MR) is 105 cm³/mol. The number of fused-ring (bicyclic) bond motifs is 3. The summed E-state index contributed by atoms with van der Waals surface area (Å²) in [5, 5.41) is 4.32. The van der Waals surface area contributed by atoms with Gasteiger partial charge in [0.2, 0.25) is 0 Å². The SMILES string of the molecule is CCCNC(=O)N1CCc2c([nH]c3ccccc23)[C@H]1c1ccc(C)cc1. The summed E-state index contributed by atoms with van der Waals surface area (Å²) in [6.45, 7) is 5.59. The van der Waals surface area contributed by atoms with E-state index in [-0.39, 0.29) is 12.1 Å². The number of carbonyl (C=O) groups is 1. The van der Waals surface area contributed by atoms with Crippen molar-refractivity contribution < 1.29 is 4.79 Å². The Labute approximate surface area is 154 Å². The zero-order valence-electron chi connectivity index (χ0n) is 15.4. The van der Waals surface area contributed by atoms with Gasteiger partial charge in [0, 0.05) is 29.7 Å². The van der Waals surface area contributed by atoms with Crippen molar-refractivity contribution in [1.82, 2.24) is 15.2 Å². The molecule has 0 unspecified atom stereocenters. The van der Waals surface area contributed by atoms with Crippen molar-refractivity contribution in [2.75, 3.05) is 13.1 Å². The van der Waals surface area contributed by atoms with Gasteiger partial charge in [-0.25, -0.2) is 4.79 Å². The Morgan fingerprint density at radius 2 is 1.96 bits per heavy atom. The second-order valence-electron chi connectivity index (χ2n) is 7.05. The summed E-state index contributed by atoms with van der Waals surface area (Å²) in [6.07, 6.45) is 1.81. The van der Waals surface area contributed by atoms with Crippen molar-refractivity contribution in [3.63, 3.8) is 0 Å². The number of aryl methyl sites for hydroxylation is 1. The van der Waals surface area contributed by atoms with E-state index < -0.39 is 0 Å². The van der Waals surface area contributed by atoms with Gasteiger partial charge >= 0.3 is 6.03 Å². The molecule has 1 aliphatic heterocycles. The number of H-pyrrole nitrogens is 1. The van der Waals surface area contributed by atoms with Gasteiger partial charge in [-0.05, 0) is 37.0 Å². The Balaban J connectivity index is 1.82. The molecule has 1 aliphatic rings. The molecule has 1 aromatic heterocycles. The molecule has 0 fully saturated rings. The van der Waals surface area contributed by atoms with E-state index in [1.54, 1.807) is 0 Å². The molecule has 2 amide bonds. The quantitative estimate of drug-likeness (QED) is 0.718. The first-order valence-electron chi connectivity index (χ1n) is 9.39. The van der Waals surface area contributed by atoms with Gasteiger partial charge in [-0.15, -0.1) is 0 Å². The number of hydrogen-bond acceptors (Lipinski definition) is 1. The lowest BCUT2D eigenvalue weighted by Crippen LogP contribution is -2.46. The van der Waals surface area contributed by atoms with Crippen molar-refractivity contribution in [3.8, 4) is 0 Å². The van der Waals surface area contributed by atoms with Gasteiger partial charge < -0.3 is 15.2 Å². The van der Waals surface area contributed by atoms with Gasteiger partial charge in [-0.1, -0.05) is 55.0 Å². The van der Waals surface area contributed by atoms with Crippen molar-refractivity contribution in [2.24, 2.45) is 0 Å². The minimum Gasteiger partial charge on any atom is -0.356 e. The highest BCUT2D eigenvalue weighted by Crippen LogP contribution is 2.38. The Bertz CT molecular complexity index is 926. The Morgan fingerprint density at radius 1 is 1.19 bits per heavy atom. The molecule has 0 radical (unpaired) electrons. The van der Waals surface area contributed by atoms with Crippen LogP contribution in [-0.2, 0) is 6.42 Å². The average Bonchev–Trinajstić information content (AvgIpc) is 3.05. The largest absolute Gasteiger partial charge is 0.356 e. The van der Waals surface area contributed by atoms with E-state index in [4.69, 9.17) is 0 Å². The molecule has 4 nitrogen and oxygen atoms in total. The number of nitrogens with one attached hydrogen (secondary N) is 2.